The van der Waals surface area contributed by atoms with Crippen LogP contribution in [0.1, 0.15) is 34.0 Å². The number of halogens is 5. The Morgan fingerprint density at radius 2 is 1.75 bits per heavy atom. The molecule has 0 radical (unpaired) electrons. The molecule has 0 saturated heterocycles. The maximum Gasteiger partial charge on any atom is 0.416 e. The van der Waals surface area contributed by atoms with Crippen LogP contribution in [0.3, 0.4) is 0 Å². The fourth-order valence-electron chi connectivity index (χ4n) is 3.42. The Balaban J connectivity index is 1.75. The number of carbonyl (C=O) groups excluding carboxylic acids is 2. The third-order valence-electron chi connectivity index (χ3n) is 5.37. The largest absolute Gasteiger partial charge is 0.483 e. The maximum absolute atomic E-state index is 13.9. The van der Waals surface area contributed by atoms with Gasteiger partial charge in [-0.3, -0.25) is 9.59 Å². The summed E-state index contributed by atoms with van der Waals surface area (Å²) < 4.78 is 90.6. The van der Waals surface area contributed by atoms with Gasteiger partial charge in [0.15, 0.2) is 12.4 Å². The van der Waals surface area contributed by atoms with Gasteiger partial charge < -0.3 is 14.8 Å². The van der Waals surface area contributed by atoms with E-state index in [1.165, 1.54) is 30.3 Å². The lowest BCUT2D eigenvalue weighted by Crippen LogP contribution is -2.26. The van der Waals surface area contributed by atoms with Crippen molar-refractivity contribution in [1.82, 2.24) is 4.72 Å². The molecule has 0 heterocycles. The van der Waals surface area contributed by atoms with Crippen LogP contribution in [0.4, 0.5) is 23.2 Å². The van der Waals surface area contributed by atoms with Crippen LogP contribution in [0, 0.1) is 12.7 Å². The standard InChI is InChI=1S/C26H23ClF4N2O6S/c1-3-38-14-32-40(36,37)20-5-6-22(15(2)8-20)33-24(34)13-39-23-7-4-18(27)12-21(23)25(35)16-9-17(26(29,30)31)11-19(28)10-16/h4-12,32H,3,13-14H2,1-2H3,(H,33,34). The molecule has 1 amide bonds. The fraction of sp³-hybridized carbons (Fsp3) is 0.231. The second-order valence-corrected chi connectivity index (χ2v) is 10.5. The maximum atomic E-state index is 13.9. The minimum absolute atomic E-state index is 0.0469. The summed E-state index contributed by atoms with van der Waals surface area (Å²) in [5, 5.41) is 2.60. The van der Waals surface area contributed by atoms with Crippen molar-refractivity contribution in [2.75, 3.05) is 25.3 Å². The van der Waals surface area contributed by atoms with E-state index in [-0.39, 0.29) is 39.7 Å². The van der Waals surface area contributed by atoms with Gasteiger partial charge in [0.1, 0.15) is 18.3 Å². The number of hydrogen-bond acceptors (Lipinski definition) is 6. The molecule has 0 atom stereocenters. The van der Waals surface area contributed by atoms with E-state index < -0.39 is 51.4 Å². The third kappa shape index (κ3) is 8.01. The van der Waals surface area contributed by atoms with Crippen molar-refractivity contribution >= 4 is 39.0 Å². The van der Waals surface area contributed by atoms with Gasteiger partial charge in [-0.1, -0.05) is 11.6 Å². The number of amides is 1. The molecule has 0 aliphatic carbocycles. The predicted molar refractivity (Wildman–Crippen MR) is 138 cm³/mol. The molecule has 0 saturated carbocycles. The molecule has 0 aliphatic rings. The number of nitrogens with one attached hydrogen (secondary N) is 2. The number of carbonyl (C=O) groups is 2. The molecule has 3 aromatic rings. The number of ether oxygens (including phenoxy) is 2. The molecule has 0 aromatic heterocycles. The molecule has 0 spiro atoms. The van der Waals surface area contributed by atoms with Gasteiger partial charge >= 0.3 is 6.18 Å². The van der Waals surface area contributed by atoms with Crippen LogP contribution in [0.5, 0.6) is 5.75 Å². The Kier molecular flexibility index (Phi) is 9.90. The van der Waals surface area contributed by atoms with E-state index in [0.717, 1.165) is 6.07 Å². The van der Waals surface area contributed by atoms with E-state index in [4.69, 9.17) is 21.1 Å². The summed E-state index contributed by atoms with van der Waals surface area (Å²) in [4.78, 5) is 25.5. The zero-order valence-corrected chi connectivity index (χ0v) is 22.6. The molecular weight excluding hydrogens is 580 g/mol. The zero-order chi connectivity index (χ0) is 29.7. The number of hydrogen-bond donors (Lipinski definition) is 2. The first kappa shape index (κ1) is 31.0. The van der Waals surface area contributed by atoms with Gasteiger partial charge in [-0.15, -0.1) is 0 Å². The monoisotopic (exact) mass is 602 g/mol. The number of ketones is 1. The Morgan fingerprint density at radius 3 is 2.40 bits per heavy atom. The van der Waals surface area contributed by atoms with Crippen LogP contribution in [0.25, 0.3) is 0 Å². The molecule has 3 aromatic carbocycles. The first-order valence-electron chi connectivity index (χ1n) is 11.5. The van der Waals surface area contributed by atoms with Gasteiger partial charge in [-0.05, 0) is 74.0 Å². The lowest BCUT2D eigenvalue weighted by molar-refractivity contribution is -0.137. The van der Waals surface area contributed by atoms with Crippen molar-refractivity contribution in [3.8, 4) is 5.75 Å². The Bertz CT molecular complexity index is 1530. The molecule has 3 rings (SSSR count). The van der Waals surface area contributed by atoms with E-state index in [0.29, 0.717) is 24.3 Å². The minimum Gasteiger partial charge on any atom is -0.483 e. The lowest BCUT2D eigenvalue weighted by atomic mass is 10.00. The van der Waals surface area contributed by atoms with Crippen molar-refractivity contribution < 1.29 is 45.0 Å². The van der Waals surface area contributed by atoms with E-state index in [1.54, 1.807) is 13.8 Å². The summed E-state index contributed by atoms with van der Waals surface area (Å²) in [6.45, 7) is 2.77. The average molecular weight is 603 g/mol. The molecule has 2 N–H and O–H groups in total. The number of benzene rings is 3. The highest BCUT2D eigenvalue weighted by molar-refractivity contribution is 7.89. The van der Waals surface area contributed by atoms with Crippen molar-refractivity contribution in [1.29, 1.82) is 0 Å². The first-order chi connectivity index (χ1) is 18.7. The van der Waals surface area contributed by atoms with Crippen molar-refractivity contribution in [2.24, 2.45) is 0 Å². The number of anilines is 1. The van der Waals surface area contributed by atoms with Gasteiger partial charge in [0.2, 0.25) is 10.0 Å². The molecule has 40 heavy (non-hydrogen) atoms. The van der Waals surface area contributed by atoms with Gasteiger partial charge in [-0.25, -0.2) is 12.8 Å². The molecule has 214 valence electrons. The van der Waals surface area contributed by atoms with Gasteiger partial charge in [0.25, 0.3) is 5.91 Å². The Hall–Kier alpha value is -3.52. The average Bonchev–Trinajstić information content (AvgIpc) is 2.87. The smallest absolute Gasteiger partial charge is 0.416 e. The fourth-order valence-corrected chi connectivity index (χ4v) is 4.58. The third-order valence-corrected chi connectivity index (χ3v) is 6.98. The molecular formula is C26H23ClF4N2O6S. The molecule has 0 fully saturated rings. The second kappa shape index (κ2) is 12.8. The van der Waals surface area contributed by atoms with Crippen LogP contribution in [0.2, 0.25) is 5.02 Å². The summed E-state index contributed by atoms with van der Waals surface area (Å²) in [5.41, 5.74) is -1.53. The van der Waals surface area contributed by atoms with Crippen LogP contribution < -0.4 is 14.8 Å². The van der Waals surface area contributed by atoms with E-state index in [2.05, 4.69) is 10.0 Å². The lowest BCUT2D eigenvalue weighted by Gasteiger charge is -2.14. The summed E-state index contributed by atoms with van der Waals surface area (Å²) in [6, 6.07) is 9.11. The zero-order valence-electron chi connectivity index (χ0n) is 21.1. The number of rotatable bonds is 11. The van der Waals surface area contributed by atoms with Gasteiger partial charge in [0.05, 0.1) is 16.0 Å². The summed E-state index contributed by atoms with van der Waals surface area (Å²) >= 11 is 5.96. The van der Waals surface area contributed by atoms with E-state index in [1.807, 2.05) is 0 Å². The normalized spacial score (nSPS) is 11.8. The summed E-state index contributed by atoms with van der Waals surface area (Å²) in [5.74, 6) is -3.14. The number of aryl methyl sites for hydroxylation is 1. The van der Waals surface area contributed by atoms with Gasteiger partial charge in [-0.2, -0.15) is 17.9 Å². The topological polar surface area (TPSA) is 111 Å². The minimum atomic E-state index is -4.89. The number of sulfonamides is 1. The Morgan fingerprint density at radius 1 is 1.02 bits per heavy atom. The van der Waals surface area contributed by atoms with E-state index >= 15 is 0 Å². The molecule has 0 aliphatic heterocycles. The van der Waals surface area contributed by atoms with Crippen molar-refractivity contribution in [3.05, 3.63) is 87.7 Å². The Labute approximate surface area is 232 Å². The molecule has 0 bridgehead atoms. The highest BCUT2D eigenvalue weighted by Gasteiger charge is 2.32. The molecule has 14 heteroatoms. The van der Waals surface area contributed by atoms with Crippen LogP contribution in [-0.2, 0) is 25.7 Å². The highest BCUT2D eigenvalue weighted by atomic mass is 35.5. The molecule has 0 unspecified atom stereocenters. The van der Waals surface area contributed by atoms with Crippen LogP contribution >= 0.6 is 11.6 Å². The predicted octanol–water partition coefficient (Wildman–Crippen LogP) is 5.33. The van der Waals surface area contributed by atoms with Crippen LogP contribution in [-0.4, -0.2) is 40.1 Å². The number of alkyl halides is 3. The highest BCUT2D eigenvalue weighted by Crippen LogP contribution is 2.32. The van der Waals surface area contributed by atoms with Crippen molar-refractivity contribution in [2.45, 2.75) is 24.9 Å². The summed E-state index contributed by atoms with van der Waals surface area (Å²) in [7, 11) is -3.84. The SMILES string of the molecule is CCOCNS(=O)(=O)c1ccc(NC(=O)COc2ccc(Cl)cc2C(=O)c2cc(F)cc(C(F)(F)F)c2)c(C)c1. The quantitative estimate of drug-likeness (QED) is 0.133. The van der Waals surface area contributed by atoms with E-state index in [9.17, 15) is 35.6 Å². The molecule has 8 nitrogen and oxygen atoms in total. The van der Waals surface area contributed by atoms with Crippen LogP contribution in [0.15, 0.2) is 59.5 Å². The first-order valence-corrected chi connectivity index (χ1v) is 13.4. The van der Waals surface area contributed by atoms with Crippen molar-refractivity contribution in [3.63, 3.8) is 0 Å². The second-order valence-electron chi connectivity index (χ2n) is 8.29. The summed E-state index contributed by atoms with van der Waals surface area (Å²) in [6.07, 6.45) is -4.89. The van der Waals surface area contributed by atoms with Gasteiger partial charge in [0, 0.05) is 22.9 Å².